The molecule has 1 aromatic rings. The Morgan fingerprint density at radius 1 is 0.958 bits per heavy atom. The van der Waals surface area contributed by atoms with Gasteiger partial charge in [0.2, 0.25) is 20.0 Å². The van der Waals surface area contributed by atoms with Crippen molar-refractivity contribution in [3.63, 3.8) is 0 Å². The molecular formula is C16H26N2O4S2. The number of sulfonamides is 2. The van der Waals surface area contributed by atoms with E-state index in [0.29, 0.717) is 25.4 Å². The van der Waals surface area contributed by atoms with Gasteiger partial charge in [0.05, 0.1) is 11.2 Å². The van der Waals surface area contributed by atoms with Gasteiger partial charge >= 0.3 is 0 Å². The van der Waals surface area contributed by atoms with Gasteiger partial charge in [-0.3, -0.25) is 0 Å². The van der Waals surface area contributed by atoms with Crippen molar-refractivity contribution in [1.29, 1.82) is 0 Å². The van der Waals surface area contributed by atoms with Crippen LogP contribution in [0.5, 0.6) is 0 Å². The molecule has 0 aromatic heterocycles. The van der Waals surface area contributed by atoms with Crippen LogP contribution in [0.3, 0.4) is 0 Å². The van der Waals surface area contributed by atoms with Gasteiger partial charge in [-0.15, -0.1) is 0 Å². The first-order valence-corrected chi connectivity index (χ1v) is 11.5. The molecule has 1 unspecified atom stereocenters. The van der Waals surface area contributed by atoms with Crippen LogP contribution in [-0.2, 0) is 20.0 Å². The lowest BCUT2D eigenvalue weighted by atomic mass is 9.99. The molecule has 1 saturated heterocycles. The average molecular weight is 375 g/mol. The predicted octanol–water partition coefficient (Wildman–Crippen LogP) is 1.86. The summed E-state index contributed by atoms with van der Waals surface area (Å²) < 4.78 is 51.6. The molecule has 1 atom stereocenters. The zero-order chi connectivity index (χ0) is 18.0. The van der Waals surface area contributed by atoms with Gasteiger partial charge in [0.1, 0.15) is 0 Å². The minimum absolute atomic E-state index is 0.183. The molecule has 0 spiro atoms. The van der Waals surface area contributed by atoms with Gasteiger partial charge in [-0.1, -0.05) is 26.0 Å². The molecule has 0 N–H and O–H groups in total. The first-order chi connectivity index (χ1) is 11.2. The van der Waals surface area contributed by atoms with Gasteiger partial charge in [0.25, 0.3) is 0 Å². The summed E-state index contributed by atoms with van der Waals surface area (Å²) in [5.41, 5.74) is 1.12. The summed E-state index contributed by atoms with van der Waals surface area (Å²) in [5, 5.41) is 0. The fraction of sp³-hybridized carbons (Fsp3) is 0.625. The highest BCUT2D eigenvalue weighted by atomic mass is 32.2. The van der Waals surface area contributed by atoms with Gasteiger partial charge in [0.15, 0.2) is 0 Å². The molecule has 6 nitrogen and oxygen atoms in total. The standard InChI is InChI=1S/C16H26N2O4S2/c1-4-14(2)15-6-8-16(9-7-15)24(21,22)18-11-5-10-17(12-13-18)23(3,19)20/h6-9,14H,4-5,10-13H2,1-3H3. The number of rotatable bonds is 5. The SMILES string of the molecule is CCC(C)c1ccc(S(=O)(=O)N2CCCN(S(C)(=O)=O)CC2)cc1. The molecule has 2 rings (SSSR count). The molecule has 1 aromatic carbocycles. The Bertz CT molecular complexity index is 758. The highest BCUT2D eigenvalue weighted by Crippen LogP contribution is 2.23. The van der Waals surface area contributed by atoms with Crippen molar-refractivity contribution in [2.24, 2.45) is 0 Å². The van der Waals surface area contributed by atoms with E-state index < -0.39 is 20.0 Å². The minimum atomic E-state index is -3.59. The van der Waals surface area contributed by atoms with E-state index in [-0.39, 0.29) is 18.0 Å². The van der Waals surface area contributed by atoms with Crippen molar-refractivity contribution < 1.29 is 16.8 Å². The van der Waals surface area contributed by atoms with Crippen LogP contribution >= 0.6 is 0 Å². The normalized spacial score (nSPS) is 19.8. The molecule has 24 heavy (non-hydrogen) atoms. The third-order valence-electron chi connectivity index (χ3n) is 4.58. The molecule has 1 heterocycles. The maximum Gasteiger partial charge on any atom is 0.243 e. The van der Waals surface area contributed by atoms with Gasteiger partial charge in [-0.05, 0) is 36.5 Å². The highest BCUT2D eigenvalue weighted by Gasteiger charge is 2.29. The van der Waals surface area contributed by atoms with Crippen LogP contribution in [0.2, 0.25) is 0 Å². The fourth-order valence-corrected chi connectivity index (χ4v) is 5.14. The molecule has 1 fully saturated rings. The van der Waals surface area contributed by atoms with Gasteiger partial charge in [-0.25, -0.2) is 21.1 Å². The van der Waals surface area contributed by atoms with Crippen LogP contribution in [0.4, 0.5) is 0 Å². The van der Waals surface area contributed by atoms with Crippen molar-refractivity contribution in [1.82, 2.24) is 8.61 Å². The average Bonchev–Trinajstić information content (AvgIpc) is 2.80. The van der Waals surface area contributed by atoms with Crippen molar-refractivity contribution in [2.45, 2.75) is 37.5 Å². The lowest BCUT2D eigenvalue weighted by Crippen LogP contribution is -2.36. The second kappa shape index (κ2) is 7.51. The Labute approximate surface area is 145 Å². The lowest BCUT2D eigenvalue weighted by molar-refractivity contribution is 0.406. The van der Waals surface area contributed by atoms with Crippen LogP contribution in [0.1, 0.15) is 38.2 Å². The third-order valence-corrected chi connectivity index (χ3v) is 7.80. The predicted molar refractivity (Wildman–Crippen MR) is 94.9 cm³/mol. The minimum Gasteiger partial charge on any atom is -0.213 e. The first-order valence-electron chi connectivity index (χ1n) is 8.21. The summed E-state index contributed by atoms with van der Waals surface area (Å²) in [4.78, 5) is 0.266. The number of nitrogens with zero attached hydrogens (tertiary/aromatic N) is 2. The van der Waals surface area contributed by atoms with Gasteiger partial charge in [0, 0.05) is 26.2 Å². The highest BCUT2D eigenvalue weighted by molar-refractivity contribution is 7.89. The van der Waals surface area contributed by atoms with Crippen molar-refractivity contribution >= 4 is 20.0 Å². The van der Waals surface area contributed by atoms with Crippen molar-refractivity contribution in [3.05, 3.63) is 29.8 Å². The fourth-order valence-electron chi connectivity index (χ4n) is 2.80. The zero-order valence-corrected chi connectivity index (χ0v) is 16.1. The summed E-state index contributed by atoms with van der Waals surface area (Å²) in [5.74, 6) is 0.392. The van der Waals surface area contributed by atoms with E-state index in [0.717, 1.165) is 18.2 Å². The molecule has 0 aliphatic carbocycles. The molecule has 1 aliphatic rings. The number of benzene rings is 1. The maximum atomic E-state index is 12.8. The van der Waals surface area contributed by atoms with Crippen molar-refractivity contribution in [2.75, 3.05) is 32.4 Å². The smallest absolute Gasteiger partial charge is 0.213 e. The Morgan fingerprint density at radius 3 is 2.04 bits per heavy atom. The van der Waals surface area contributed by atoms with Gasteiger partial charge in [-0.2, -0.15) is 4.31 Å². The van der Waals surface area contributed by atoms with E-state index in [1.54, 1.807) is 12.1 Å². The second-order valence-corrected chi connectivity index (χ2v) is 10.2. The van der Waals surface area contributed by atoms with Crippen LogP contribution < -0.4 is 0 Å². The molecule has 0 bridgehead atoms. The van der Waals surface area contributed by atoms with Crippen LogP contribution in [0, 0.1) is 0 Å². The molecular weight excluding hydrogens is 348 g/mol. The molecule has 8 heteroatoms. The molecule has 136 valence electrons. The molecule has 0 saturated carbocycles. The summed E-state index contributed by atoms with van der Waals surface area (Å²) >= 11 is 0. The molecule has 0 radical (unpaired) electrons. The zero-order valence-electron chi connectivity index (χ0n) is 14.5. The van der Waals surface area contributed by atoms with Crippen LogP contribution in [-0.4, -0.2) is 57.9 Å². The van der Waals surface area contributed by atoms with E-state index in [4.69, 9.17) is 0 Å². The second-order valence-electron chi connectivity index (χ2n) is 6.30. The number of hydrogen-bond donors (Lipinski definition) is 0. The van der Waals surface area contributed by atoms with E-state index in [1.165, 1.54) is 8.61 Å². The van der Waals surface area contributed by atoms with E-state index in [9.17, 15) is 16.8 Å². The van der Waals surface area contributed by atoms with Crippen LogP contribution in [0.25, 0.3) is 0 Å². The lowest BCUT2D eigenvalue weighted by Gasteiger charge is -2.21. The molecule has 1 aliphatic heterocycles. The summed E-state index contributed by atoms with van der Waals surface area (Å²) in [6.07, 6.45) is 2.65. The largest absolute Gasteiger partial charge is 0.243 e. The van der Waals surface area contributed by atoms with Crippen molar-refractivity contribution in [3.8, 4) is 0 Å². The quantitative estimate of drug-likeness (QED) is 0.788. The maximum absolute atomic E-state index is 12.8. The molecule has 0 amide bonds. The van der Waals surface area contributed by atoms with E-state index in [1.807, 2.05) is 12.1 Å². The first kappa shape index (κ1) is 19.4. The van der Waals surface area contributed by atoms with E-state index in [2.05, 4.69) is 13.8 Å². The Kier molecular flexibility index (Phi) is 6.06. The summed E-state index contributed by atoms with van der Waals surface area (Å²) in [6, 6.07) is 7.02. The number of hydrogen-bond acceptors (Lipinski definition) is 4. The topological polar surface area (TPSA) is 74.8 Å². The summed E-state index contributed by atoms with van der Waals surface area (Å²) in [7, 11) is -6.88. The Balaban J connectivity index is 2.18. The third kappa shape index (κ3) is 4.36. The van der Waals surface area contributed by atoms with Gasteiger partial charge < -0.3 is 0 Å². The monoisotopic (exact) mass is 374 g/mol. The summed E-state index contributed by atoms with van der Waals surface area (Å²) in [6.45, 7) is 5.28. The Hall–Kier alpha value is -0.960. The Morgan fingerprint density at radius 2 is 1.50 bits per heavy atom. The van der Waals surface area contributed by atoms with Crippen LogP contribution in [0.15, 0.2) is 29.2 Å². The van der Waals surface area contributed by atoms with E-state index >= 15 is 0 Å².